The van der Waals surface area contributed by atoms with Crippen LogP contribution < -0.4 is 5.32 Å². The molecule has 0 fully saturated rings. The smallest absolute Gasteiger partial charge is 0.0486 e. The first kappa shape index (κ1) is 15.2. The molecule has 2 heterocycles. The lowest BCUT2D eigenvalue weighted by Crippen LogP contribution is -2.21. The van der Waals surface area contributed by atoms with Crippen LogP contribution in [0.4, 0.5) is 0 Å². The van der Waals surface area contributed by atoms with E-state index in [0.717, 1.165) is 29.9 Å². The largest absolute Gasteiger partial charge is 0.343 e. The molecule has 1 N–H and O–H groups in total. The third-order valence-electron chi connectivity index (χ3n) is 3.94. The zero-order valence-corrected chi connectivity index (χ0v) is 14.8. The number of rotatable bonds is 5. The maximum absolute atomic E-state index is 3.52. The second-order valence-electron chi connectivity index (χ2n) is 5.32. The van der Waals surface area contributed by atoms with Crippen molar-refractivity contribution in [3.05, 3.63) is 46.1 Å². The molecule has 0 saturated carbocycles. The molecule has 0 saturated heterocycles. The summed E-state index contributed by atoms with van der Waals surface area (Å²) in [4.78, 5) is 0. The van der Waals surface area contributed by atoms with Gasteiger partial charge in [-0.15, -0.1) is 0 Å². The monoisotopic (exact) mass is 364 g/mol. The number of nitrogens with one attached hydrogen (secondary N) is 1. The second kappa shape index (κ2) is 7.03. The van der Waals surface area contributed by atoms with Crippen LogP contribution in [0, 0.1) is 0 Å². The van der Waals surface area contributed by atoms with E-state index in [9.17, 15) is 0 Å². The fraction of sp³-hybridized carbons (Fsp3) is 0.412. The van der Waals surface area contributed by atoms with Crippen molar-refractivity contribution in [1.29, 1.82) is 0 Å². The first-order chi connectivity index (χ1) is 10.3. The lowest BCUT2D eigenvalue weighted by molar-refractivity contribution is 0.602. The highest BCUT2D eigenvalue weighted by Gasteiger charge is 2.18. The lowest BCUT2D eigenvalue weighted by atomic mass is 10.1. The molecule has 0 amide bonds. The molecule has 2 nitrogen and oxygen atoms in total. The predicted octanol–water partition coefficient (Wildman–Crippen LogP) is 4.32. The SMILES string of the molecule is CCNCCn1c(-c2ccc(Br)cc2)cc2c1CCSC2. The Balaban J connectivity index is 1.97. The molecule has 0 atom stereocenters. The standard InChI is InChI=1S/C17H21BrN2S/c1-2-19-8-9-20-16-7-10-21-12-14(16)11-17(20)13-3-5-15(18)6-4-13/h3-6,11,19H,2,7-10,12H2,1H3. The first-order valence-electron chi connectivity index (χ1n) is 7.55. The van der Waals surface area contributed by atoms with Crippen LogP contribution in [-0.2, 0) is 18.7 Å². The molecule has 112 valence electrons. The van der Waals surface area contributed by atoms with E-state index in [-0.39, 0.29) is 0 Å². The summed E-state index contributed by atoms with van der Waals surface area (Å²) in [6.45, 7) is 5.29. The molecule has 0 unspecified atom stereocenters. The maximum atomic E-state index is 3.52. The number of likely N-dealkylation sites (N-methyl/N-ethyl adjacent to an activating group) is 1. The van der Waals surface area contributed by atoms with E-state index in [1.807, 2.05) is 11.8 Å². The van der Waals surface area contributed by atoms with Gasteiger partial charge in [0.15, 0.2) is 0 Å². The molecule has 4 heteroatoms. The molecule has 1 aliphatic rings. The van der Waals surface area contributed by atoms with Crippen LogP contribution in [0.25, 0.3) is 11.3 Å². The summed E-state index contributed by atoms with van der Waals surface area (Å²) in [5.41, 5.74) is 5.76. The molecule has 1 aromatic heterocycles. The minimum Gasteiger partial charge on any atom is -0.343 e. The molecular formula is C17H21BrN2S. The van der Waals surface area contributed by atoms with E-state index in [0.29, 0.717) is 0 Å². The Kier molecular flexibility index (Phi) is 5.09. The normalized spacial score (nSPS) is 14.2. The van der Waals surface area contributed by atoms with Crippen molar-refractivity contribution in [2.24, 2.45) is 0 Å². The van der Waals surface area contributed by atoms with Crippen LogP contribution in [0.5, 0.6) is 0 Å². The molecule has 1 aliphatic heterocycles. The summed E-state index contributed by atoms with van der Waals surface area (Å²) in [7, 11) is 0. The molecule has 0 bridgehead atoms. The minimum atomic E-state index is 1.03. The van der Waals surface area contributed by atoms with Crippen molar-refractivity contribution in [3.8, 4) is 11.3 Å². The van der Waals surface area contributed by atoms with Crippen LogP contribution in [0.2, 0.25) is 0 Å². The molecule has 0 spiro atoms. The average molecular weight is 365 g/mol. The summed E-state index contributed by atoms with van der Waals surface area (Å²) >= 11 is 5.57. The topological polar surface area (TPSA) is 17.0 Å². The van der Waals surface area contributed by atoms with Gasteiger partial charge in [0.05, 0.1) is 0 Å². The summed E-state index contributed by atoms with van der Waals surface area (Å²) < 4.78 is 3.67. The average Bonchev–Trinajstić information content (AvgIpc) is 2.87. The van der Waals surface area contributed by atoms with Gasteiger partial charge >= 0.3 is 0 Å². The van der Waals surface area contributed by atoms with Crippen LogP contribution in [-0.4, -0.2) is 23.4 Å². The Hall–Kier alpha value is -0.710. The molecule has 0 aliphatic carbocycles. The van der Waals surface area contributed by atoms with E-state index in [1.54, 1.807) is 5.69 Å². The van der Waals surface area contributed by atoms with Crippen molar-refractivity contribution in [2.45, 2.75) is 25.6 Å². The number of thioether (sulfide) groups is 1. The third-order valence-corrected chi connectivity index (χ3v) is 5.48. The van der Waals surface area contributed by atoms with Gasteiger partial charge < -0.3 is 9.88 Å². The Morgan fingerprint density at radius 2 is 2.10 bits per heavy atom. The number of halogens is 1. The Labute approximate surface area is 139 Å². The Bertz CT molecular complexity index is 604. The van der Waals surface area contributed by atoms with Gasteiger partial charge in [-0.2, -0.15) is 11.8 Å². The number of hydrogen-bond acceptors (Lipinski definition) is 2. The third kappa shape index (κ3) is 3.38. The van der Waals surface area contributed by atoms with E-state index < -0.39 is 0 Å². The van der Waals surface area contributed by atoms with Gasteiger partial charge in [-0.25, -0.2) is 0 Å². The predicted molar refractivity (Wildman–Crippen MR) is 96.0 cm³/mol. The molecule has 3 rings (SSSR count). The number of nitrogens with zero attached hydrogens (tertiary/aromatic N) is 1. The van der Waals surface area contributed by atoms with Gasteiger partial charge in [0.2, 0.25) is 0 Å². The van der Waals surface area contributed by atoms with Gasteiger partial charge in [0, 0.05) is 34.7 Å². The summed E-state index contributed by atoms with van der Waals surface area (Å²) in [6, 6.07) is 11.1. The molecule has 0 radical (unpaired) electrons. The lowest BCUT2D eigenvalue weighted by Gasteiger charge is -2.17. The van der Waals surface area contributed by atoms with Gasteiger partial charge in [-0.05, 0) is 48.0 Å². The molecular weight excluding hydrogens is 344 g/mol. The van der Waals surface area contributed by atoms with Crippen LogP contribution in [0.15, 0.2) is 34.8 Å². The molecule has 2 aromatic rings. The van der Waals surface area contributed by atoms with E-state index in [4.69, 9.17) is 0 Å². The van der Waals surface area contributed by atoms with Crippen LogP contribution in [0.3, 0.4) is 0 Å². The van der Waals surface area contributed by atoms with Crippen molar-refractivity contribution in [3.63, 3.8) is 0 Å². The zero-order valence-electron chi connectivity index (χ0n) is 12.4. The quantitative estimate of drug-likeness (QED) is 0.795. The Morgan fingerprint density at radius 1 is 1.29 bits per heavy atom. The van der Waals surface area contributed by atoms with Gasteiger partial charge in [-0.1, -0.05) is 35.0 Å². The first-order valence-corrected chi connectivity index (χ1v) is 9.50. The van der Waals surface area contributed by atoms with Crippen LogP contribution in [0.1, 0.15) is 18.2 Å². The van der Waals surface area contributed by atoms with Crippen molar-refractivity contribution >= 4 is 27.7 Å². The van der Waals surface area contributed by atoms with Crippen LogP contribution >= 0.6 is 27.7 Å². The van der Waals surface area contributed by atoms with Crippen molar-refractivity contribution < 1.29 is 0 Å². The van der Waals surface area contributed by atoms with Gasteiger partial charge in [0.1, 0.15) is 0 Å². The summed E-state index contributed by atoms with van der Waals surface area (Å²) in [5.74, 6) is 2.41. The number of hydrogen-bond donors (Lipinski definition) is 1. The zero-order chi connectivity index (χ0) is 14.7. The highest BCUT2D eigenvalue weighted by atomic mass is 79.9. The summed E-state index contributed by atoms with van der Waals surface area (Å²) in [6.07, 6.45) is 1.20. The number of fused-ring (bicyclic) bond motifs is 1. The van der Waals surface area contributed by atoms with E-state index in [2.05, 4.69) is 63.1 Å². The summed E-state index contributed by atoms with van der Waals surface area (Å²) in [5, 5.41) is 3.45. The van der Waals surface area contributed by atoms with E-state index in [1.165, 1.54) is 29.0 Å². The minimum absolute atomic E-state index is 1.03. The van der Waals surface area contributed by atoms with Crippen molar-refractivity contribution in [1.82, 2.24) is 9.88 Å². The Morgan fingerprint density at radius 3 is 2.86 bits per heavy atom. The number of benzene rings is 1. The highest BCUT2D eigenvalue weighted by Crippen LogP contribution is 2.33. The number of aromatic nitrogens is 1. The van der Waals surface area contributed by atoms with E-state index >= 15 is 0 Å². The van der Waals surface area contributed by atoms with Gasteiger partial charge in [0.25, 0.3) is 0 Å². The fourth-order valence-electron chi connectivity index (χ4n) is 2.90. The maximum Gasteiger partial charge on any atom is 0.0486 e. The second-order valence-corrected chi connectivity index (χ2v) is 7.34. The fourth-order valence-corrected chi connectivity index (χ4v) is 4.12. The van der Waals surface area contributed by atoms with Gasteiger partial charge in [-0.3, -0.25) is 0 Å². The van der Waals surface area contributed by atoms with Crippen molar-refractivity contribution in [2.75, 3.05) is 18.8 Å². The molecule has 1 aromatic carbocycles. The highest BCUT2D eigenvalue weighted by molar-refractivity contribution is 9.10. The molecule has 21 heavy (non-hydrogen) atoms.